The second-order valence-corrected chi connectivity index (χ2v) is 5.62. The number of rotatable bonds is 4. The van der Waals surface area contributed by atoms with E-state index in [9.17, 15) is 4.79 Å². The highest BCUT2D eigenvalue weighted by Gasteiger charge is 2.11. The number of hydrogen-bond acceptors (Lipinski definition) is 2. The summed E-state index contributed by atoms with van der Waals surface area (Å²) in [5.74, 6) is 0.406. The van der Waals surface area contributed by atoms with Crippen LogP contribution in [-0.2, 0) is 0 Å². The molecule has 1 N–H and O–H groups in total. The fourth-order valence-electron chi connectivity index (χ4n) is 1.79. The van der Waals surface area contributed by atoms with Gasteiger partial charge in [-0.25, -0.2) is 0 Å². The molecule has 2 rings (SSSR count). The van der Waals surface area contributed by atoms with Gasteiger partial charge in [0.2, 0.25) is 0 Å². The van der Waals surface area contributed by atoms with Crippen LogP contribution in [0, 0.1) is 0 Å². The van der Waals surface area contributed by atoms with Gasteiger partial charge in [-0.2, -0.15) is 0 Å². The number of ether oxygens (including phenoxy) is 1. The Morgan fingerprint density at radius 2 is 1.90 bits per heavy atom. The van der Waals surface area contributed by atoms with E-state index in [-0.39, 0.29) is 12.0 Å². The SMILES string of the molecule is CC(C)Oc1cccc(NC(=O)c2ccc(Cl)cc2Cl)c1. The summed E-state index contributed by atoms with van der Waals surface area (Å²) in [4.78, 5) is 12.2. The number of benzene rings is 2. The number of nitrogens with one attached hydrogen (secondary N) is 1. The van der Waals surface area contributed by atoms with Gasteiger partial charge in [-0.15, -0.1) is 0 Å². The Kier molecular flexibility index (Phi) is 5.10. The van der Waals surface area contributed by atoms with Gasteiger partial charge in [0.15, 0.2) is 0 Å². The molecular formula is C16H15Cl2NO2. The molecule has 0 aliphatic carbocycles. The van der Waals surface area contributed by atoms with Crippen molar-refractivity contribution in [3.05, 3.63) is 58.1 Å². The first-order valence-corrected chi connectivity index (χ1v) is 7.24. The van der Waals surface area contributed by atoms with Gasteiger partial charge >= 0.3 is 0 Å². The zero-order chi connectivity index (χ0) is 15.4. The van der Waals surface area contributed by atoms with Crippen molar-refractivity contribution in [3.8, 4) is 5.75 Å². The lowest BCUT2D eigenvalue weighted by molar-refractivity contribution is 0.102. The number of halogens is 2. The monoisotopic (exact) mass is 323 g/mol. The van der Waals surface area contributed by atoms with Gasteiger partial charge in [0.1, 0.15) is 5.75 Å². The van der Waals surface area contributed by atoms with Crippen molar-refractivity contribution >= 4 is 34.8 Å². The second-order valence-electron chi connectivity index (χ2n) is 4.77. The Bertz CT molecular complexity index is 656. The minimum Gasteiger partial charge on any atom is -0.491 e. The van der Waals surface area contributed by atoms with Gasteiger partial charge in [-0.3, -0.25) is 4.79 Å². The van der Waals surface area contributed by atoms with E-state index in [0.29, 0.717) is 27.0 Å². The summed E-state index contributed by atoms with van der Waals surface area (Å²) in [6, 6.07) is 12.0. The number of hydrogen-bond donors (Lipinski definition) is 1. The molecule has 110 valence electrons. The van der Waals surface area contributed by atoms with E-state index < -0.39 is 0 Å². The topological polar surface area (TPSA) is 38.3 Å². The van der Waals surface area contributed by atoms with Crippen molar-refractivity contribution in [2.75, 3.05) is 5.32 Å². The predicted octanol–water partition coefficient (Wildman–Crippen LogP) is 5.03. The lowest BCUT2D eigenvalue weighted by Gasteiger charge is -2.12. The van der Waals surface area contributed by atoms with Gasteiger partial charge in [0, 0.05) is 16.8 Å². The number of amides is 1. The quantitative estimate of drug-likeness (QED) is 0.856. The molecule has 3 nitrogen and oxygen atoms in total. The Morgan fingerprint density at radius 3 is 2.57 bits per heavy atom. The van der Waals surface area contributed by atoms with Crippen molar-refractivity contribution in [1.82, 2.24) is 0 Å². The summed E-state index contributed by atoms with van der Waals surface area (Å²) in [6.07, 6.45) is 0.0710. The Morgan fingerprint density at radius 1 is 1.14 bits per heavy atom. The molecule has 1 amide bonds. The third kappa shape index (κ3) is 4.38. The molecule has 0 fully saturated rings. The smallest absolute Gasteiger partial charge is 0.257 e. The molecule has 21 heavy (non-hydrogen) atoms. The maximum absolute atomic E-state index is 12.2. The number of carbonyl (C=O) groups is 1. The Labute approximate surface area is 133 Å². The van der Waals surface area contributed by atoms with E-state index in [4.69, 9.17) is 27.9 Å². The molecule has 0 spiro atoms. The molecule has 0 unspecified atom stereocenters. The van der Waals surface area contributed by atoms with Gasteiger partial charge in [-0.05, 0) is 44.2 Å². The largest absolute Gasteiger partial charge is 0.491 e. The fourth-order valence-corrected chi connectivity index (χ4v) is 2.29. The predicted molar refractivity (Wildman–Crippen MR) is 86.6 cm³/mol. The standard InChI is InChI=1S/C16H15Cl2NO2/c1-10(2)21-13-5-3-4-12(9-13)19-16(20)14-7-6-11(17)8-15(14)18/h3-10H,1-2H3,(H,19,20). The van der Waals surface area contributed by atoms with Gasteiger partial charge in [0.25, 0.3) is 5.91 Å². The number of anilines is 1. The molecular weight excluding hydrogens is 309 g/mol. The lowest BCUT2D eigenvalue weighted by Crippen LogP contribution is -2.13. The molecule has 0 aromatic heterocycles. The summed E-state index contributed by atoms with van der Waals surface area (Å²) in [6.45, 7) is 3.89. The van der Waals surface area contributed by atoms with E-state index in [0.717, 1.165) is 0 Å². The molecule has 0 heterocycles. The van der Waals surface area contributed by atoms with Crippen LogP contribution in [0.3, 0.4) is 0 Å². The van der Waals surface area contributed by atoms with E-state index in [1.165, 1.54) is 6.07 Å². The van der Waals surface area contributed by atoms with Crippen LogP contribution in [-0.4, -0.2) is 12.0 Å². The molecule has 2 aromatic carbocycles. The summed E-state index contributed by atoms with van der Waals surface area (Å²) < 4.78 is 5.59. The fraction of sp³-hybridized carbons (Fsp3) is 0.188. The molecule has 0 bridgehead atoms. The van der Waals surface area contributed by atoms with Crippen LogP contribution >= 0.6 is 23.2 Å². The normalized spacial score (nSPS) is 10.5. The van der Waals surface area contributed by atoms with Crippen molar-refractivity contribution in [2.24, 2.45) is 0 Å². The lowest BCUT2D eigenvalue weighted by atomic mass is 10.2. The van der Waals surface area contributed by atoms with Crippen LogP contribution in [0.5, 0.6) is 5.75 Å². The summed E-state index contributed by atoms with van der Waals surface area (Å²) in [5, 5.41) is 3.59. The maximum Gasteiger partial charge on any atom is 0.257 e. The van der Waals surface area contributed by atoms with Crippen molar-refractivity contribution in [2.45, 2.75) is 20.0 Å². The highest BCUT2D eigenvalue weighted by atomic mass is 35.5. The van der Waals surface area contributed by atoms with Crippen molar-refractivity contribution in [3.63, 3.8) is 0 Å². The molecule has 2 aromatic rings. The minimum absolute atomic E-state index is 0.0710. The highest BCUT2D eigenvalue weighted by molar-refractivity contribution is 6.37. The zero-order valence-electron chi connectivity index (χ0n) is 11.7. The molecule has 0 aliphatic rings. The van der Waals surface area contributed by atoms with Gasteiger partial charge in [-0.1, -0.05) is 29.3 Å². The highest BCUT2D eigenvalue weighted by Crippen LogP contribution is 2.23. The van der Waals surface area contributed by atoms with E-state index >= 15 is 0 Å². The van der Waals surface area contributed by atoms with Crippen LogP contribution in [0.4, 0.5) is 5.69 Å². The molecule has 0 radical (unpaired) electrons. The molecule has 0 saturated carbocycles. The number of carbonyl (C=O) groups excluding carboxylic acids is 1. The van der Waals surface area contributed by atoms with Crippen LogP contribution in [0.1, 0.15) is 24.2 Å². The summed E-state index contributed by atoms with van der Waals surface area (Å²) >= 11 is 11.8. The first-order valence-electron chi connectivity index (χ1n) is 6.49. The third-order valence-electron chi connectivity index (χ3n) is 2.64. The van der Waals surface area contributed by atoms with E-state index in [2.05, 4.69) is 5.32 Å². The molecule has 0 aliphatic heterocycles. The third-order valence-corrected chi connectivity index (χ3v) is 3.19. The zero-order valence-corrected chi connectivity index (χ0v) is 13.2. The average Bonchev–Trinajstić information content (AvgIpc) is 2.37. The van der Waals surface area contributed by atoms with E-state index in [1.807, 2.05) is 26.0 Å². The maximum atomic E-state index is 12.2. The summed E-state index contributed by atoms with van der Waals surface area (Å²) in [5.41, 5.74) is 1.01. The minimum atomic E-state index is -0.293. The molecule has 0 saturated heterocycles. The first-order chi connectivity index (χ1) is 9.95. The molecule has 5 heteroatoms. The van der Waals surface area contributed by atoms with Crippen molar-refractivity contribution < 1.29 is 9.53 Å². The van der Waals surface area contributed by atoms with Crippen LogP contribution < -0.4 is 10.1 Å². The van der Waals surface area contributed by atoms with Gasteiger partial charge < -0.3 is 10.1 Å². The average molecular weight is 324 g/mol. The van der Waals surface area contributed by atoms with Crippen LogP contribution in [0.25, 0.3) is 0 Å². The Hall–Kier alpha value is -1.71. The second kappa shape index (κ2) is 6.83. The van der Waals surface area contributed by atoms with Gasteiger partial charge in [0.05, 0.1) is 16.7 Å². The summed E-state index contributed by atoms with van der Waals surface area (Å²) in [7, 11) is 0. The van der Waals surface area contributed by atoms with E-state index in [1.54, 1.807) is 24.3 Å². The molecule has 0 atom stereocenters. The van der Waals surface area contributed by atoms with Crippen molar-refractivity contribution in [1.29, 1.82) is 0 Å². The van der Waals surface area contributed by atoms with Crippen LogP contribution in [0.2, 0.25) is 10.0 Å². The van der Waals surface area contributed by atoms with Crippen LogP contribution in [0.15, 0.2) is 42.5 Å². The Balaban J connectivity index is 2.15. The first kappa shape index (κ1) is 15.7.